The molecule has 0 spiro atoms. The minimum Gasteiger partial charge on any atom is -0.484 e. The van der Waals surface area contributed by atoms with Gasteiger partial charge in [-0.25, -0.2) is 0 Å². The first-order valence-electron chi connectivity index (χ1n) is 9.94. The van der Waals surface area contributed by atoms with E-state index in [0.717, 1.165) is 22.0 Å². The van der Waals surface area contributed by atoms with Crippen LogP contribution in [0.1, 0.15) is 38.3 Å². The van der Waals surface area contributed by atoms with E-state index in [1.165, 1.54) is 4.90 Å². The smallest absolute Gasteiger partial charge is 0.261 e. The van der Waals surface area contributed by atoms with Gasteiger partial charge in [0.05, 0.1) is 0 Å². The van der Waals surface area contributed by atoms with Gasteiger partial charge in [-0.05, 0) is 68.7 Å². The number of nitrogens with one attached hydrogen (secondary N) is 1. The predicted octanol–water partition coefficient (Wildman–Crippen LogP) is 5.12. The Kier molecular flexibility index (Phi) is 9.18. The average molecular weight is 496 g/mol. The molecule has 30 heavy (non-hydrogen) atoms. The van der Waals surface area contributed by atoms with Gasteiger partial charge in [-0.15, -0.1) is 0 Å². The molecule has 0 saturated carbocycles. The van der Waals surface area contributed by atoms with Gasteiger partial charge < -0.3 is 15.0 Å². The summed E-state index contributed by atoms with van der Waals surface area (Å²) in [4.78, 5) is 27.3. The first-order valence-corrected chi connectivity index (χ1v) is 11.1. The molecule has 1 N–H and O–H groups in total. The first-order chi connectivity index (χ1) is 14.2. The molecule has 0 heterocycles. The van der Waals surface area contributed by atoms with Crippen LogP contribution in [0.5, 0.6) is 5.75 Å². The van der Waals surface area contributed by atoms with Gasteiger partial charge in [-0.1, -0.05) is 46.6 Å². The second kappa shape index (κ2) is 11.4. The molecule has 7 heteroatoms. The molecule has 0 aliphatic carbocycles. The van der Waals surface area contributed by atoms with E-state index in [9.17, 15) is 9.59 Å². The van der Waals surface area contributed by atoms with Crippen LogP contribution in [0.25, 0.3) is 0 Å². The van der Waals surface area contributed by atoms with Crippen molar-refractivity contribution in [2.45, 2.75) is 52.7 Å². The molecule has 0 saturated heterocycles. The van der Waals surface area contributed by atoms with Crippen LogP contribution in [-0.4, -0.2) is 35.4 Å². The highest BCUT2D eigenvalue weighted by molar-refractivity contribution is 9.10. The number of ether oxygens (including phenoxy) is 1. The number of hydrogen-bond acceptors (Lipinski definition) is 3. The third-order valence-electron chi connectivity index (χ3n) is 4.90. The number of aryl methyl sites for hydroxylation is 1. The molecule has 162 valence electrons. The Morgan fingerprint density at radius 2 is 1.93 bits per heavy atom. The maximum absolute atomic E-state index is 13.0. The third-order valence-corrected chi connectivity index (χ3v) is 6.03. The molecule has 2 aromatic rings. The number of nitrogens with zero attached hydrogens (tertiary/aromatic N) is 1. The first kappa shape index (κ1) is 24.2. The fourth-order valence-corrected chi connectivity index (χ4v) is 3.27. The molecule has 2 aromatic carbocycles. The number of hydrogen-bond donors (Lipinski definition) is 1. The van der Waals surface area contributed by atoms with Crippen molar-refractivity contribution in [3.8, 4) is 5.75 Å². The summed E-state index contributed by atoms with van der Waals surface area (Å²) < 4.78 is 6.68. The molecule has 2 amide bonds. The van der Waals surface area contributed by atoms with Crippen molar-refractivity contribution in [1.29, 1.82) is 0 Å². The number of rotatable bonds is 9. The zero-order chi connectivity index (χ0) is 22.3. The van der Waals surface area contributed by atoms with Crippen molar-refractivity contribution < 1.29 is 14.3 Å². The highest BCUT2D eigenvalue weighted by Gasteiger charge is 2.27. The van der Waals surface area contributed by atoms with E-state index < -0.39 is 6.04 Å². The second-order valence-corrected chi connectivity index (χ2v) is 8.64. The molecule has 0 aliphatic rings. The number of carbonyl (C=O) groups excluding carboxylic acids is 2. The van der Waals surface area contributed by atoms with Crippen molar-refractivity contribution in [2.75, 3.05) is 6.61 Å². The van der Waals surface area contributed by atoms with Crippen molar-refractivity contribution in [3.63, 3.8) is 0 Å². The molecule has 0 bridgehead atoms. The zero-order valence-corrected chi connectivity index (χ0v) is 20.1. The molecule has 0 radical (unpaired) electrons. The zero-order valence-electron chi connectivity index (χ0n) is 17.7. The molecular formula is C23H28BrClN2O3. The Bertz CT molecular complexity index is 891. The van der Waals surface area contributed by atoms with Crippen LogP contribution in [0, 0.1) is 6.92 Å². The summed E-state index contributed by atoms with van der Waals surface area (Å²) in [6.07, 6.45) is 0.812. The highest BCUT2D eigenvalue weighted by atomic mass is 79.9. The van der Waals surface area contributed by atoms with E-state index in [4.69, 9.17) is 16.3 Å². The SMILES string of the molecule is CC[C@@H](C)NC(=O)[C@@H](C)N(Cc1cccc(Cl)c1)C(=O)COc1ccc(Br)c(C)c1. The number of halogens is 2. The fourth-order valence-electron chi connectivity index (χ4n) is 2.82. The maximum atomic E-state index is 13.0. The van der Waals surface area contributed by atoms with Gasteiger partial charge in [0.25, 0.3) is 5.91 Å². The van der Waals surface area contributed by atoms with Gasteiger partial charge >= 0.3 is 0 Å². The van der Waals surface area contributed by atoms with Crippen LogP contribution in [-0.2, 0) is 16.1 Å². The maximum Gasteiger partial charge on any atom is 0.261 e. The average Bonchev–Trinajstić information content (AvgIpc) is 2.72. The van der Waals surface area contributed by atoms with Crippen molar-refractivity contribution in [2.24, 2.45) is 0 Å². The van der Waals surface area contributed by atoms with Crippen LogP contribution in [0.3, 0.4) is 0 Å². The molecule has 2 rings (SSSR count). The number of benzene rings is 2. The molecule has 0 unspecified atom stereocenters. The van der Waals surface area contributed by atoms with Crippen LogP contribution >= 0.6 is 27.5 Å². The summed E-state index contributed by atoms with van der Waals surface area (Å²) in [5, 5.41) is 3.53. The summed E-state index contributed by atoms with van der Waals surface area (Å²) >= 11 is 9.55. The monoisotopic (exact) mass is 494 g/mol. The lowest BCUT2D eigenvalue weighted by Gasteiger charge is -2.29. The Balaban J connectivity index is 2.16. The van der Waals surface area contributed by atoms with E-state index in [2.05, 4.69) is 21.2 Å². The topological polar surface area (TPSA) is 58.6 Å². The molecule has 5 nitrogen and oxygen atoms in total. The summed E-state index contributed by atoms with van der Waals surface area (Å²) in [6, 6.07) is 12.2. The highest BCUT2D eigenvalue weighted by Crippen LogP contribution is 2.22. The lowest BCUT2D eigenvalue weighted by Crippen LogP contribution is -2.50. The summed E-state index contributed by atoms with van der Waals surface area (Å²) in [5.74, 6) is 0.130. The molecular weight excluding hydrogens is 468 g/mol. The summed E-state index contributed by atoms with van der Waals surface area (Å²) in [6.45, 7) is 7.71. The van der Waals surface area contributed by atoms with E-state index in [1.54, 1.807) is 25.1 Å². The van der Waals surface area contributed by atoms with Gasteiger partial charge in [-0.3, -0.25) is 9.59 Å². The van der Waals surface area contributed by atoms with E-state index >= 15 is 0 Å². The van der Waals surface area contributed by atoms with Gasteiger partial charge in [0.1, 0.15) is 11.8 Å². The van der Waals surface area contributed by atoms with Gasteiger partial charge in [0, 0.05) is 22.1 Å². The van der Waals surface area contributed by atoms with Gasteiger partial charge in [0.15, 0.2) is 6.61 Å². The Morgan fingerprint density at radius 1 is 1.20 bits per heavy atom. The number of carbonyl (C=O) groups is 2. The Hall–Kier alpha value is -2.05. The van der Waals surface area contributed by atoms with Crippen molar-refractivity contribution in [1.82, 2.24) is 10.2 Å². The Labute approximate surface area is 191 Å². The molecule has 0 aromatic heterocycles. The largest absolute Gasteiger partial charge is 0.484 e. The lowest BCUT2D eigenvalue weighted by atomic mass is 10.1. The van der Waals surface area contributed by atoms with Crippen LogP contribution in [0.15, 0.2) is 46.9 Å². The Morgan fingerprint density at radius 3 is 2.57 bits per heavy atom. The van der Waals surface area contributed by atoms with Crippen LogP contribution in [0.2, 0.25) is 5.02 Å². The van der Waals surface area contributed by atoms with Crippen LogP contribution in [0.4, 0.5) is 0 Å². The summed E-state index contributed by atoms with van der Waals surface area (Å²) in [7, 11) is 0. The van der Waals surface area contributed by atoms with E-state index in [0.29, 0.717) is 10.8 Å². The lowest BCUT2D eigenvalue weighted by molar-refractivity contribution is -0.142. The van der Waals surface area contributed by atoms with Gasteiger partial charge in [-0.2, -0.15) is 0 Å². The van der Waals surface area contributed by atoms with E-state index in [1.807, 2.05) is 45.0 Å². The van der Waals surface area contributed by atoms with Crippen molar-refractivity contribution in [3.05, 3.63) is 63.1 Å². The van der Waals surface area contributed by atoms with Crippen molar-refractivity contribution >= 4 is 39.3 Å². The molecule has 0 fully saturated rings. The molecule has 0 aliphatic heterocycles. The minimum absolute atomic E-state index is 0.0325. The third kappa shape index (κ3) is 7.03. The standard InChI is InChI=1S/C23H28BrClN2O3/c1-5-16(3)26-23(29)17(4)27(13-18-7-6-8-19(25)12-18)22(28)14-30-20-9-10-21(24)15(2)11-20/h6-12,16-17H,5,13-14H2,1-4H3,(H,26,29)/t16-,17-/m1/s1. The van der Waals surface area contributed by atoms with Gasteiger partial charge in [0.2, 0.25) is 5.91 Å². The predicted molar refractivity (Wildman–Crippen MR) is 124 cm³/mol. The van der Waals surface area contributed by atoms with E-state index in [-0.39, 0.29) is 31.0 Å². The normalized spacial score (nSPS) is 12.7. The molecule has 2 atom stereocenters. The van der Waals surface area contributed by atoms with Crippen LogP contribution < -0.4 is 10.1 Å². The quantitative estimate of drug-likeness (QED) is 0.525. The number of amides is 2. The second-order valence-electron chi connectivity index (χ2n) is 7.35. The summed E-state index contributed by atoms with van der Waals surface area (Å²) in [5.41, 5.74) is 1.86. The fraction of sp³-hybridized carbons (Fsp3) is 0.391. The minimum atomic E-state index is -0.652.